The molecule has 25 heavy (non-hydrogen) atoms. The third-order valence-corrected chi connectivity index (χ3v) is 3.94. The van der Waals surface area contributed by atoms with Crippen molar-refractivity contribution < 1.29 is 19.1 Å². The number of ether oxygens (including phenoxy) is 2. The summed E-state index contributed by atoms with van der Waals surface area (Å²) in [5.74, 6) is 0.202. The summed E-state index contributed by atoms with van der Waals surface area (Å²) in [6.07, 6.45) is 1.66. The van der Waals surface area contributed by atoms with E-state index in [-0.39, 0.29) is 12.1 Å². The minimum Gasteiger partial charge on any atom is -0.493 e. The van der Waals surface area contributed by atoms with Crippen LogP contribution in [0, 0.1) is 11.3 Å². The standard InChI is InChI=1S/C19H20N2O4/c1-5-21-18(22)14(12(3)15(11-20)19(21)23)9-13-7-8-16(25-6-2)17(10-13)24-4/h7-10H,5-6H2,1-4H3/b14-9+. The van der Waals surface area contributed by atoms with Crippen LogP contribution in [0.25, 0.3) is 6.08 Å². The Balaban J connectivity index is 2.55. The molecule has 0 aromatic heterocycles. The number of rotatable bonds is 5. The summed E-state index contributed by atoms with van der Waals surface area (Å²) in [7, 11) is 1.54. The summed E-state index contributed by atoms with van der Waals surface area (Å²) in [6, 6.07) is 7.20. The predicted octanol–water partition coefficient (Wildman–Crippen LogP) is 2.71. The van der Waals surface area contributed by atoms with Crippen LogP contribution in [-0.4, -0.2) is 37.0 Å². The van der Waals surface area contributed by atoms with Gasteiger partial charge in [-0.25, -0.2) is 0 Å². The van der Waals surface area contributed by atoms with E-state index in [2.05, 4.69) is 0 Å². The van der Waals surface area contributed by atoms with E-state index in [1.165, 1.54) is 7.11 Å². The molecule has 130 valence electrons. The van der Waals surface area contributed by atoms with Crippen LogP contribution in [0.15, 0.2) is 34.9 Å². The van der Waals surface area contributed by atoms with E-state index >= 15 is 0 Å². The highest BCUT2D eigenvalue weighted by Gasteiger charge is 2.34. The minimum absolute atomic E-state index is 0.00870. The Morgan fingerprint density at radius 2 is 1.92 bits per heavy atom. The summed E-state index contributed by atoms with van der Waals surface area (Å²) < 4.78 is 10.8. The van der Waals surface area contributed by atoms with Gasteiger partial charge in [-0.2, -0.15) is 5.26 Å². The number of benzene rings is 1. The summed E-state index contributed by atoms with van der Waals surface area (Å²) in [5.41, 5.74) is 1.41. The fraction of sp³-hybridized carbons (Fsp3) is 0.316. The number of carbonyl (C=O) groups excluding carboxylic acids is 2. The molecule has 0 radical (unpaired) electrons. The van der Waals surface area contributed by atoms with Crippen molar-refractivity contribution in [1.29, 1.82) is 5.26 Å². The highest BCUT2D eigenvalue weighted by molar-refractivity contribution is 6.19. The molecular weight excluding hydrogens is 320 g/mol. The average Bonchev–Trinajstić information content (AvgIpc) is 2.60. The second-order valence-electron chi connectivity index (χ2n) is 5.37. The maximum absolute atomic E-state index is 12.6. The molecule has 0 fully saturated rings. The molecule has 1 heterocycles. The smallest absolute Gasteiger partial charge is 0.271 e. The quantitative estimate of drug-likeness (QED) is 0.608. The van der Waals surface area contributed by atoms with Gasteiger partial charge in [-0.3, -0.25) is 14.5 Å². The molecule has 2 rings (SSSR count). The van der Waals surface area contributed by atoms with E-state index in [0.29, 0.717) is 34.8 Å². The van der Waals surface area contributed by atoms with Crippen molar-refractivity contribution >= 4 is 17.9 Å². The maximum atomic E-state index is 12.6. The zero-order valence-electron chi connectivity index (χ0n) is 14.8. The molecule has 1 aromatic rings. The molecule has 1 aliphatic heterocycles. The highest BCUT2D eigenvalue weighted by atomic mass is 16.5. The van der Waals surface area contributed by atoms with Crippen molar-refractivity contribution in [2.45, 2.75) is 20.8 Å². The van der Waals surface area contributed by atoms with E-state index in [1.807, 2.05) is 13.0 Å². The first-order valence-electron chi connectivity index (χ1n) is 7.98. The fourth-order valence-electron chi connectivity index (χ4n) is 2.63. The number of nitriles is 1. The third kappa shape index (κ3) is 3.41. The topological polar surface area (TPSA) is 79.6 Å². The molecular formula is C19H20N2O4. The van der Waals surface area contributed by atoms with Crippen molar-refractivity contribution in [3.63, 3.8) is 0 Å². The average molecular weight is 340 g/mol. The second-order valence-corrected chi connectivity index (χ2v) is 5.37. The van der Waals surface area contributed by atoms with Crippen molar-refractivity contribution in [1.82, 2.24) is 4.90 Å². The number of hydrogen-bond donors (Lipinski definition) is 0. The van der Waals surface area contributed by atoms with Crippen LogP contribution in [-0.2, 0) is 9.59 Å². The molecule has 0 bridgehead atoms. The lowest BCUT2D eigenvalue weighted by molar-refractivity contribution is -0.140. The Morgan fingerprint density at radius 1 is 1.20 bits per heavy atom. The number of amides is 2. The molecule has 0 N–H and O–H groups in total. The van der Waals surface area contributed by atoms with Gasteiger partial charge in [0.2, 0.25) is 0 Å². The maximum Gasteiger partial charge on any atom is 0.271 e. The Kier molecular flexibility index (Phi) is 5.60. The van der Waals surface area contributed by atoms with Gasteiger partial charge < -0.3 is 9.47 Å². The summed E-state index contributed by atoms with van der Waals surface area (Å²) in [5, 5.41) is 9.26. The lowest BCUT2D eigenvalue weighted by atomic mass is 9.93. The van der Waals surface area contributed by atoms with Crippen molar-refractivity contribution in [2.24, 2.45) is 0 Å². The van der Waals surface area contributed by atoms with E-state index in [0.717, 1.165) is 4.90 Å². The van der Waals surface area contributed by atoms with Crippen molar-refractivity contribution in [3.05, 3.63) is 40.5 Å². The Morgan fingerprint density at radius 3 is 2.48 bits per heavy atom. The lowest BCUT2D eigenvalue weighted by Gasteiger charge is -2.26. The van der Waals surface area contributed by atoms with Gasteiger partial charge in [0.1, 0.15) is 11.6 Å². The zero-order valence-corrected chi connectivity index (χ0v) is 14.8. The van der Waals surface area contributed by atoms with Gasteiger partial charge in [0.05, 0.1) is 13.7 Å². The molecule has 0 atom stereocenters. The number of carbonyl (C=O) groups is 2. The van der Waals surface area contributed by atoms with Crippen LogP contribution < -0.4 is 9.47 Å². The van der Waals surface area contributed by atoms with Crippen LogP contribution in [0.5, 0.6) is 11.5 Å². The molecule has 0 spiro atoms. The zero-order chi connectivity index (χ0) is 18.6. The second kappa shape index (κ2) is 7.67. The van der Waals surface area contributed by atoms with E-state index in [4.69, 9.17) is 9.47 Å². The first kappa shape index (κ1) is 18.3. The Hall–Kier alpha value is -3.07. The van der Waals surface area contributed by atoms with Gasteiger partial charge in [-0.05, 0) is 50.1 Å². The van der Waals surface area contributed by atoms with Crippen LogP contribution in [0.1, 0.15) is 26.3 Å². The molecule has 0 saturated heterocycles. The molecule has 1 aromatic carbocycles. The van der Waals surface area contributed by atoms with Crippen LogP contribution in [0.3, 0.4) is 0 Å². The molecule has 0 unspecified atom stereocenters. The van der Waals surface area contributed by atoms with Crippen LogP contribution >= 0.6 is 0 Å². The Labute approximate surface area is 146 Å². The molecule has 6 nitrogen and oxygen atoms in total. The number of hydrogen-bond acceptors (Lipinski definition) is 5. The number of nitrogens with zero attached hydrogens (tertiary/aromatic N) is 2. The van der Waals surface area contributed by atoms with E-state index in [9.17, 15) is 14.9 Å². The van der Waals surface area contributed by atoms with Gasteiger partial charge in [0, 0.05) is 12.1 Å². The van der Waals surface area contributed by atoms with Gasteiger partial charge in [-0.15, -0.1) is 0 Å². The van der Waals surface area contributed by atoms with Gasteiger partial charge in [0.15, 0.2) is 11.5 Å². The Bertz CT molecular complexity index is 815. The SMILES string of the molecule is CCOc1ccc(/C=C2/C(=O)N(CC)C(=O)C(C#N)=C2C)cc1OC. The number of methoxy groups -OCH3 is 1. The summed E-state index contributed by atoms with van der Waals surface area (Å²) in [6.45, 7) is 5.90. The summed E-state index contributed by atoms with van der Waals surface area (Å²) >= 11 is 0. The predicted molar refractivity (Wildman–Crippen MR) is 92.8 cm³/mol. The third-order valence-electron chi connectivity index (χ3n) is 3.94. The number of likely N-dealkylation sites (N-methyl/N-ethyl adjacent to an activating group) is 1. The normalized spacial score (nSPS) is 16.3. The molecule has 2 amide bonds. The van der Waals surface area contributed by atoms with E-state index < -0.39 is 11.8 Å². The fourth-order valence-corrected chi connectivity index (χ4v) is 2.63. The first-order valence-corrected chi connectivity index (χ1v) is 7.98. The minimum atomic E-state index is -0.547. The summed E-state index contributed by atoms with van der Waals surface area (Å²) in [4.78, 5) is 25.9. The van der Waals surface area contributed by atoms with E-state index in [1.54, 1.807) is 38.1 Å². The highest BCUT2D eigenvalue weighted by Crippen LogP contribution is 2.31. The molecule has 1 aliphatic rings. The monoisotopic (exact) mass is 340 g/mol. The van der Waals surface area contributed by atoms with Crippen LogP contribution in [0.4, 0.5) is 0 Å². The van der Waals surface area contributed by atoms with Crippen molar-refractivity contribution in [2.75, 3.05) is 20.3 Å². The van der Waals surface area contributed by atoms with Crippen molar-refractivity contribution in [3.8, 4) is 17.6 Å². The largest absolute Gasteiger partial charge is 0.493 e. The van der Waals surface area contributed by atoms with Gasteiger partial charge in [-0.1, -0.05) is 6.07 Å². The van der Waals surface area contributed by atoms with Crippen LogP contribution in [0.2, 0.25) is 0 Å². The lowest BCUT2D eigenvalue weighted by Crippen LogP contribution is -2.42. The molecule has 6 heteroatoms. The van der Waals surface area contributed by atoms with Gasteiger partial charge >= 0.3 is 0 Å². The number of imide groups is 1. The molecule has 0 saturated carbocycles. The van der Waals surface area contributed by atoms with Gasteiger partial charge in [0.25, 0.3) is 11.8 Å². The first-order chi connectivity index (χ1) is 12.0. The molecule has 0 aliphatic carbocycles.